The van der Waals surface area contributed by atoms with Crippen molar-refractivity contribution in [2.24, 2.45) is 0 Å². The SMILES string of the molecule is Brc1ccccc1-n1cnnc1C1CCCN1. The molecule has 0 radical (unpaired) electrons. The van der Waals surface area contributed by atoms with Crippen LogP contribution in [0.3, 0.4) is 0 Å². The zero-order valence-electron chi connectivity index (χ0n) is 9.31. The Balaban J connectivity index is 2.04. The highest BCUT2D eigenvalue weighted by Gasteiger charge is 2.22. The van der Waals surface area contributed by atoms with Gasteiger partial charge in [0.25, 0.3) is 0 Å². The van der Waals surface area contributed by atoms with E-state index in [0.29, 0.717) is 6.04 Å². The van der Waals surface area contributed by atoms with Gasteiger partial charge in [-0.25, -0.2) is 0 Å². The zero-order valence-corrected chi connectivity index (χ0v) is 10.9. The number of para-hydroxylation sites is 1. The van der Waals surface area contributed by atoms with Crippen molar-refractivity contribution in [2.75, 3.05) is 6.54 Å². The van der Waals surface area contributed by atoms with Crippen LogP contribution in [0, 0.1) is 0 Å². The molecule has 0 saturated carbocycles. The van der Waals surface area contributed by atoms with Crippen LogP contribution in [0.5, 0.6) is 0 Å². The quantitative estimate of drug-likeness (QED) is 0.925. The molecule has 0 amide bonds. The summed E-state index contributed by atoms with van der Waals surface area (Å²) in [6.07, 6.45) is 4.10. The Kier molecular flexibility index (Phi) is 2.94. The van der Waals surface area contributed by atoms with Gasteiger partial charge in [0.2, 0.25) is 0 Å². The van der Waals surface area contributed by atoms with Gasteiger partial charge in [-0.15, -0.1) is 10.2 Å². The second-order valence-electron chi connectivity index (χ2n) is 4.16. The summed E-state index contributed by atoms with van der Waals surface area (Å²) in [5.74, 6) is 0.995. The summed E-state index contributed by atoms with van der Waals surface area (Å²) >= 11 is 3.56. The minimum absolute atomic E-state index is 0.324. The number of nitrogens with zero attached hydrogens (tertiary/aromatic N) is 3. The molecule has 1 atom stereocenters. The molecule has 1 N–H and O–H groups in total. The van der Waals surface area contributed by atoms with Crippen molar-refractivity contribution in [1.29, 1.82) is 0 Å². The zero-order chi connectivity index (χ0) is 11.7. The van der Waals surface area contributed by atoms with Crippen LogP contribution >= 0.6 is 15.9 Å². The van der Waals surface area contributed by atoms with Gasteiger partial charge < -0.3 is 5.32 Å². The molecule has 4 nitrogen and oxygen atoms in total. The summed E-state index contributed by atoms with van der Waals surface area (Å²) in [5.41, 5.74) is 1.08. The largest absolute Gasteiger partial charge is 0.307 e. The molecule has 1 fully saturated rings. The van der Waals surface area contributed by atoms with Gasteiger partial charge >= 0.3 is 0 Å². The number of nitrogens with one attached hydrogen (secondary N) is 1. The fourth-order valence-electron chi connectivity index (χ4n) is 2.22. The van der Waals surface area contributed by atoms with Gasteiger partial charge in [0.05, 0.1) is 11.7 Å². The van der Waals surface area contributed by atoms with Gasteiger partial charge in [-0.3, -0.25) is 4.57 Å². The Hall–Kier alpha value is -1.20. The maximum Gasteiger partial charge on any atom is 0.154 e. The molecule has 2 heterocycles. The van der Waals surface area contributed by atoms with Crippen LogP contribution in [0.1, 0.15) is 24.7 Å². The fraction of sp³-hybridized carbons (Fsp3) is 0.333. The van der Waals surface area contributed by atoms with Crippen molar-refractivity contribution in [3.63, 3.8) is 0 Å². The van der Waals surface area contributed by atoms with E-state index in [1.165, 1.54) is 6.42 Å². The van der Waals surface area contributed by atoms with E-state index in [0.717, 1.165) is 29.0 Å². The first kappa shape index (κ1) is 10.9. The Morgan fingerprint density at radius 3 is 3.00 bits per heavy atom. The number of hydrogen-bond donors (Lipinski definition) is 1. The average molecular weight is 293 g/mol. The number of rotatable bonds is 2. The van der Waals surface area contributed by atoms with Crippen molar-refractivity contribution in [2.45, 2.75) is 18.9 Å². The first-order valence-electron chi connectivity index (χ1n) is 5.74. The summed E-state index contributed by atoms with van der Waals surface area (Å²) in [6, 6.07) is 8.44. The number of hydrogen-bond acceptors (Lipinski definition) is 3. The summed E-state index contributed by atoms with van der Waals surface area (Å²) in [7, 11) is 0. The topological polar surface area (TPSA) is 42.7 Å². The Labute approximate surface area is 108 Å². The first-order chi connectivity index (χ1) is 8.36. The third-order valence-electron chi connectivity index (χ3n) is 3.06. The Morgan fingerprint density at radius 2 is 2.24 bits per heavy atom. The molecule has 1 unspecified atom stereocenters. The van der Waals surface area contributed by atoms with Crippen molar-refractivity contribution >= 4 is 15.9 Å². The number of halogens is 1. The maximum absolute atomic E-state index is 4.25. The van der Waals surface area contributed by atoms with Crippen LogP contribution in [0.2, 0.25) is 0 Å². The van der Waals surface area contributed by atoms with E-state index in [1.807, 2.05) is 22.8 Å². The van der Waals surface area contributed by atoms with Crippen LogP contribution in [-0.2, 0) is 0 Å². The van der Waals surface area contributed by atoms with Gasteiger partial charge in [0, 0.05) is 4.47 Å². The number of aromatic nitrogens is 3. The second-order valence-corrected chi connectivity index (χ2v) is 5.01. The molecule has 1 aliphatic heterocycles. The molecule has 3 rings (SSSR count). The highest BCUT2D eigenvalue weighted by molar-refractivity contribution is 9.10. The summed E-state index contributed by atoms with van der Waals surface area (Å²) in [4.78, 5) is 0. The molecule has 1 aromatic heterocycles. The predicted molar refractivity (Wildman–Crippen MR) is 69.0 cm³/mol. The van der Waals surface area contributed by atoms with Crippen molar-refractivity contribution in [3.8, 4) is 5.69 Å². The molecule has 88 valence electrons. The van der Waals surface area contributed by atoms with E-state index in [9.17, 15) is 0 Å². The minimum Gasteiger partial charge on any atom is -0.307 e. The normalized spacial score (nSPS) is 19.7. The third kappa shape index (κ3) is 2.00. The fourth-order valence-corrected chi connectivity index (χ4v) is 2.69. The lowest BCUT2D eigenvalue weighted by Crippen LogP contribution is -2.17. The summed E-state index contributed by atoms with van der Waals surface area (Å²) in [6.45, 7) is 1.06. The third-order valence-corrected chi connectivity index (χ3v) is 3.73. The molecule has 1 saturated heterocycles. The van der Waals surface area contributed by atoms with E-state index in [1.54, 1.807) is 6.33 Å². The van der Waals surface area contributed by atoms with Gasteiger partial charge in [0.1, 0.15) is 6.33 Å². The summed E-state index contributed by atoms with van der Waals surface area (Å²) < 4.78 is 3.10. The van der Waals surface area contributed by atoms with Crippen molar-refractivity contribution in [1.82, 2.24) is 20.1 Å². The molecule has 5 heteroatoms. The second kappa shape index (κ2) is 4.58. The Morgan fingerprint density at radius 1 is 1.35 bits per heavy atom. The first-order valence-corrected chi connectivity index (χ1v) is 6.54. The van der Waals surface area contributed by atoms with E-state index >= 15 is 0 Å². The highest BCUT2D eigenvalue weighted by atomic mass is 79.9. The van der Waals surface area contributed by atoms with Crippen molar-refractivity contribution in [3.05, 3.63) is 40.9 Å². The monoisotopic (exact) mass is 292 g/mol. The molecule has 1 aromatic carbocycles. The molecular weight excluding hydrogens is 280 g/mol. The lowest BCUT2D eigenvalue weighted by atomic mass is 10.2. The van der Waals surface area contributed by atoms with E-state index in [-0.39, 0.29) is 0 Å². The molecule has 17 heavy (non-hydrogen) atoms. The Bertz CT molecular complexity index is 517. The molecule has 2 aromatic rings. The molecule has 0 spiro atoms. The molecule has 0 aliphatic carbocycles. The van der Waals surface area contributed by atoms with Gasteiger partial charge in [-0.1, -0.05) is 12.1 Å². The maximum atomic E-state index is 4.25. The van der Waals surface area contributed by atoms with Crippen LogP contribution in [0.4, 0.5) is 0 Å². The van der Waals surface area contributed by atoms with Gasteiger partial charge in [-0.05, 0) is 47.4 Å². The van der Waals surface area contributed by atoms with Crippen LogP contribution < -0.4 is 5.32 Å². The predicted octanol–water partition coefficient (Wildman–Crippen LogP) is 2.45. The van der Waals surface area contributed by atoms with Crippen molar-refractivity contribution < 1.29 is 0 Å². The average Bonchev–Trinajstić information content (AvgIpc) is 3.00. The van der Waals surface area contributed by atoms with Crippen LogP contribution in [0.15, 0.2) is 35.1 Å². The lowest BCUT2D eigenvalue weighted by Gasteiger charge is -2.13. The van der Waals surface area contributed by atoms with E-state index in [2.05, 4.69) is 37.5 Å². The summed E-state index contributed by atoms with van der Waals surface area (Å²) in [5, 5.41) is 11.7. The van der Waals surface area contributed by atoms with E-state index in [4.69, 9.17) is 0 Å². The van der Waals surface area contributed by atoms with Crippen LogP contribution in [0.25, 0.3) is 5.69 Å². The molecular formula is C12H13BrN4. The number of benzene rings is 1. The van der Waals surface area contributed by atoms with Gasteiger partial charge in [-0.2, -0.15) is 0 Å². The van der Waals surface area contributed by atoms with Gasteiger partial charge in [0.15, 0.2) is 5.82 Å². The molecule has 0 bridgehead atoms. The lowest BCUT2D eigenvalue weighted by molar-refractivity contribution is 0.592. The highest BCUT2D eigenvalue weighted by Crippen LogP contribution is 2.26. The smallest absolute Gasteiger partial charge is 0.154 e. The van der Waals surface area contributed by atoms with Crippen LogP contribution in [-0.4, -0.2) is 21.3 Å². The molecule has 1 aliphatic rings. The minimum atomic E-state index is 0.324. The van der Waals surface area contributed by atoms with E-state index < -0.39 is 0 Å². The standard InChI is InChI=1S/C12H13BrN4/c13-9-4-1-2-6-11(9)17-8-15-16-12(17)10-5-3-7-14-10/h1-2,4,6,8,10,14H,3,5,7H2.